The van der Waals surface area contributed by atoms with E-state index in [4.69, 9.17) is 17.0 Å². The number of hydrogen-bond acceptors (Lipinski definition) is 4. The van der Waals surface area contributed by atoms with Crippen LogP contribution in [0.5, 0.6) is 0 Å². The Hall–Kier alpha value is -1.14. The number of aryl methyl sites for hydroxylation is 1. The molecule has 0 aromatic carbocycles. The Morgan fingerprint density at radius 1 is 1.08 bits per heavy atom. The number of hydrogen-bond donors (Lipinski definition) is 2. The Bertz CT molecular complexity index is 544. The molecule has 0 amide bonds. The van der Waals surface area contributed by atoms with E-state index < -0.39 is 0 Å². The molecule has 1 rings (SSSR count). The molecule has 0 bridgehead atoms. The standard InChI is InChI=1S/C20H34N2O2S2/c1-4-5-6-7-8-9-10-11-12-13-14-21-20(25)22-18-17(19(23)24-3)15-16(2)26-18/h15H,4-14H2,1-3H3,(H2,21,22,25). The minimum absolute atomic E-state index is 0.339. The Balaban J connectivity index is 2.10. The fourth-order valence-corrected chi connectivity index (χ4v) is 4.00. The zero-order valence-corrected chi connectivity index (χ0v) is 18.1. The van der Waals surface area contributed by atoms with Crippen LogP contribution in [0.2, 0.25) is 0 Å². The van der Waals surface area contributed by atoms with E-state index in [1.54, 1.807) is 0 Å². The molecule has 0 aliphatic rings. The van der Waals surface area contributed by atoms with Crippen molar-refractivity contribution in [3.63, 3.8) is 0 Å². The van der Waals surface area contributed by atoms with Crippen molar-refractivity contribution in [3.05, 3.63) is 16.5 Å². The number of carbonyl (C=O) groups is 1. The lowest BCUT2D eigenvalue weighted by Gasteiger charge is -2.10. The minimum atomic E-state index is -0.339. The monoisotopic (exact) mass is 398 g/mol. The molecule has 0 saturated heterocycles. The number of thiocarbonyl (C=S) groups is 1. The molecule has 4 nitrogen and oxygen atoms in total. The van der Waals surface area contributed by atoms with E-state index in [-0.39, 0.29) is 5.97 Å². The van der Waals surface area contributed by atoms with E-state index in [0.717, 1.165) is 22.8 Å². The Kier molecular flexibility index (Phi) is 12.3. The molecule has 0 aliphatic heterocycles. The SMILES string of the molecule is CCCCCCCCCCCCNC(=S)Nc1sc(C)cc1C(=O)OC. The third kappa shape index (κ3) is 9.53. The van der Waals surface area contributed by atoms with Crippen molar-refractivity contribution >= 4 is 39.6 Å². The van der Waals surface area contributed by atoms with Crippen molar-refractivity contribution in [2.75, 3.05) is 19.0 Å². The van der Waals surface area contributed by atoms with Gasteiger partial charge in [-0.25, -0.2) is 4.79 Å². The van der Waals surface area contributed by atoms with Gasteiger partial charge in [0.1, 0.15) is 5.00 Å². The molecule has 1 heterocycles. The maximum Gasteiger partial charge on any atom is 0.340 e. The lowest BCUT2D eigenvalue weighted by Crippen LogP contribution is -2.29. The predicted octanol–water partition coefficient (Wildman–Crippen LogP) is 6.05. The molecule has 0 aliphatic carbocycles. The first-order valence-electron chi connectivity index (χ1n) is 9.82. The second-order valence-electron chi connectivity index (χ2n) is 6.65. The fourth-order valence-electron chi connectivity index (χ4n) is 2.83. The van der Waals surface area contributed by atoms with Crippen LogP contribution in [0, 0.1) is 6.92 Å². The third-order valence-electron chi connectivity index (χ3n) is 4.30. The number of methoxy groups -OCH3 is 1. The average Bonchev–Trinajstić information content (AvgIpc) is 2.99. The van der Waals surface area contributed by atoms with E-state index in [9.17, 15) is 4.79 Å². The summed E-state index contributed by atoms with van der Waals surface area (Å²) in [7, 11) is 1.39. The highest BCUT2D eigenvalue weighted by Crippen LogP contribution is 2.28. The smallest absolute Gasteiger partial charge is 0.340 e. The zero-order valence-electron chi connectivity index (χ0n) is 16.5. The van der Waals surface area contributed by atoms with Crippen LogP contribution < -0.4 is 10.6 Å². The number of esters is 1. The van der Waals surface area contributed by atoms with Gasteiger partial charge in [0.15, 0.2) is 5.11 Å². The van der Waals surface area contributed by atoms with E-state index in [0.29, 0.717) is 10.7 Å². The van der Waals surface area contributed by atoms with Crippen molar-refractivity contribution in [1.82, 2.24) is 5.32 Å². The van der Waals surface area contributed by atoms with Crippen LogP contribution in [0.4, 0.5) is 5.00 Å². The van der Waals surface area contributed by atoms with Crippen molar-refractivity contribution in [1.29, 1.82) is 0 Å². The maximum absolute atomic E-state index is 11.8. The number of nitrogens with one attached hydrogen (secondary N) is 2. The summed E-state index contributed by atoms with van der Waals surface area (Å²) in [5.74, 6) is -0.339. The van der Waals surface area contributed by atoms with Crippen LogP contribution in [0.1, 0.15) is 86.4 Å². The number of anilines is 1. The summed E-state index contributed by atoms with van der Waals surface area (Å²) in [5.41, 5.74) is 0.540. The maximum atomic E-state index is 11.8. The predicted molar refractivity (Wildman–Crippen MR) is 116 cm³/mol. The molecule has 0 radical (unpaired) electrons. The molecule has 0 atom stereocenters. The molecule has 0 spiro atoms. The molecule has 1 aromatic heterocycles. The normalized spacial score (nSPS) is 10.6. The van der Waals surface area contributed by atoms with Crippen LogP contribution in [-0.2, 0) is 4.74 Å². The van der Waals surface area contributed by atoms with Gasteiger partial charge in [-0.2, -0.15) is 0 Å². The highest BCUT2D eigenvalue weighted by molar-refractivity contribution is 7.80. The first-order chi connectivity index (χ1) is 12.6. The summed E-state index contributed by atoms with van der Waals surface area (Å²) in [6, 6.07) is 1.82. The molecule has 0 fully saturated rings. The van der Waals surface area contributed by atoms with Gasteiger partial charge in [-0.05, 0) is 31.6 Å². The van der Waals surface area contributed by atoms with Crippen LogP contribution >= 0.6 is 23.6 Å². The van der Waals surface area contributed by atoms with Gasteiger partial charge < -0.3 is 15.4 Å². The quantitative estimate of drug-likeness (QED) is 0.241. The number of carbonyl (C=O) groups excluding carboxylic acids is 1. The molecule has 148 valence electrons. The first-order valence-corrected chi connectivity index (χ1v) is 11.0. The van der Waals surface area contributed by atoms with Gasteiger partial charge in [0, 0.05) is 11.4 Å². The second kappa shape index (κ2) is 14.0. The zero-order chi connectivity index (χ0) is 19.2. The average molecular weight is 399 g/mol. The van der Waals surface area contributed by atoms with Gasteiger partial charge >= 0.3 is 5.97 Å². The summed E-state index contributed by atoms with van der Waals surface area (Å²) < 4.78 is 4.81. The summed E-state index contributed by atoms with van der Waals surface area (Å²) in [6.45, 7) is 5.08. The Labute approximate surface area is 168 Å². The van der Waals surface area contributed by atoms with Crippen molar-refractivity contribution in [2.24, 2.45) is 0 Å². The van der Waals surface area contributed by atoms with Gasteiger partial charge in [0.25, 0.3) is 0 Å². The molecule has 1 aromatic rings. The Morgan fingerprint density at radius 3 is 2.23 bits per heavy atom. The molecular formula is C20H34N2O2S2. The number of unbranched alkanes of at least 4 members (excludes halogenated alkanes) is 9. The summed E-state index contributed by atoms with van der Waals surface area (Å²) in [6.07, 6.45) is 13.2. The topological polar surface area (TPSA) is 50.4 Å². The van der Waals surface area contributed by atoms with Crippen LogP contribution in [0.3, 0.4) is 0 Å². The minimum Gasteiger partial charge on any atom is -0.465 e. The summed E-state index contributed by atoms with van der Waals surface area (Å²) in [5, 5.41) is 7.65. The molecule has 2 N–H and O–H groups in total. The van der Waals surface area contributed by atoms with Gasteiger partial charge in [0.05, 0.1) is 12.7 Å². The van der Waals surface area contributed by atoms with E-state index in [2.05, 4.69) is 17.6 Å². The highest BCUT2D eigenvalue weighted by atomic mass is 32.1. The van der Waals surface area contributed by atoms with Gasteiger partial charge in [0.2, 0.25) is 0 Å². The van der Waals surface area contributed by atoms with E-state index in [1.165, 1.54) is 76.2 Å². The summed E-state index contributed by atoms with van der Waals surface area (Å²) >= 11 is 6.84. The fraction of sp³-hybridized carbons (Fsp3) is 0.700. The molecule has 26 heavy (non-hydrogen) atoms. The van der Waals surface area contributed by atoms with Crippen molar-refractivity contribution in [2.45, 2.75) is 78.1 Å². The molecule has 6 heteroatoms. The van der Waals surface area contributed by atoms with Crippen LogP contribution in [0.25, 0.3) is 0 Å². The van der Waals surface area contributed by atoms with Crippen molar-refractivity contribution in [3.8, 4) is 0 Å². The van der Waals surface area contributed by atoms with E-state index >= 15 is 0 Å². The lowest BCUT2D eigenvalue weighted by atomic mass is 10.1. The van der Waals surface area contributed by atoms with E-state index in [1.807, 2.05) is 13.0 Å². The van der Waals surface area contributed by atoms with Crippen molar-refractivity contribution < 1.29 is 9.53 Å². The second-order valence-corrected chi connectivity index (χ2v) is 8.32. The highest BCUT2D eigenvalue weighted by Gasteiger charge is 2.16. The van der Waals surface area contributed by atoms with Crippen LogP contribution in [-0.4, -0.2) is 24.7 Å². The third-order valence-corrected chi connectivity index (χ3v) is 5.52. The van der Waals surface area contributed by atoms with Gasteiger partial charge in [-0.1, -0.05) is 64.7 Å². The molecule has 0 unspecified atom stereocenters. The van der Waals surface area contributed by atoms with Gasteiger partial charge in [-0.15, -0.1) is 11.3 Å². The molecule has 0 saturated carbocycles. The first kappa shape index (κ1) is 22.9. The summed E-state index contributed by atoms with van der Waals surface area (Å²) in [4.78, 5) is 12.8. The lowest BCUT2D eigenvalue weighted by molar-refractivity contribution is 0.0602. The number of ether oxygens (including phenoxy) is 1. The number of rotatable bonds is 13. The van der Waals surface area contributed by atoms with Gasteiger partial charge in [-0.3, -0.25) is 0 Å². The number of thiophene rings is 1. The van der Waals surface area contributed by atoms with Crippen LogP contribution in [0.15, 0.2) is 6.07 Å². The Morgan fingerprint density at radius 2 is 1.65 bits per heavy atom. The largest absolute Gasteiger partial charge is 0.465 e. The molecular weight excluding hydrogens is 364 g/mol.